The Bertz CT molecular complexity index is 1030. The highest BCUT2D eigenvalue weighted by molar-refractivity contribution is 7.98. The van der Waals surface area contributed by atoms with Crippen LogP contribution >= 0.6 is 23.1 Å². The maximum Gasteiger partial charge on any atom is 0.221 e. The van der Waals surface area contributed by atoms with Gasteiger partial charge in [-0.15, -0.1) is 11.3 Å². The molecule has 0 aliphatic carbocycles. The number of rotatable bonds is 4. The predicted molar refractivity (Wildman–Crippen MR) is 125 cm³/mol. The van der Waals surface area contributed by atoms with Crippen LogP contribution in [-0.4, -0.2) is 27.1 Å². The third-order valence-electron chi connectivity index (χ3n) is 3.88. The number of thiazole rings is 1. The van der Waals surface area contributed by atoms with Gasteiger partial charge in [0, 0.05) is 24.1 Å². The third-order valence-corrected chi connectivity index (χ3v) is 5.95. The van der Waals surface area contributed by atoms with Gasteiger partial charge in [0.05, 0.1) is 27.0 Å². The van der Waals surface area contributed by atoms with E-state index in [0.29, 0.717) is 22.1 Å². The van der Waals surface area contributed by atoms with Crippen LogP contribution in [0.25, 0.3) is 21.8 Å². The lowest BCUT2D eigenvalue weighted by Gasteiger charge is -2.13. The Balaban J connectivity index is 0.00000155. The number of benzene rings is 1. The largest absolute Gasteiger partial charge is 0.324 e. The summed E-state index contributed by atoms with van der Waals surface area (Å²) in [6.45, 7) is 11.5. The van der Waals surface area contributed by atoms with Crippen molar-refractivity contribution in [2.24, 2.45) is 0 Å². The fraction of sp³-hybridized carbons (Fsp3) is 0.364. The maximum absolute atomic E-state index is 15.2. The van der Waals surface area contributed by atoms with Gasteiger partial charge < -0.3 is 5.32 Å². The van der Waals surface area contributed by atoms with Crippen LogP contribution in [0.5, 0.6) is 0 Å². The highest BCUT2D eigenvalue weighted by Gasteiger charge is 2.26. The van der Waals surface area contributed by atoms with Crippen molar-refractivity contribution in [2.45, 2.75) is 52.1 Å². The fourth-order valence-electron chi connectivity index (χ4n) is 2.56. The summed E-state index contributed by atoms with van der Waals surface area (Å²) >= 11 is 2.94. The number of nitrogens with one attached hydrogen (secondary N) is 1. The van der Waals surface area contributed by atoms with Crippen LogP contribution in [0.4, 0.5) is 10.1 Å². The average Bonchev–Trinajstić information content (AvgIpc) is 3.16. The van der Waals surface area contributed by atoms with Crippen molar-refractivity contribution in [2.75, 3.05) is 11.6 Å². The summed E-state index contributed by atoms with van der Waals surface area (Å²) in [7, 11) is 0. The summed E-state index contributed by atoms with van der Waals surface area (Å²) in [5.41, 5.74) is 1.49. The van der Waals surface area contributed by atoms with Crippen LogP contribution < -0.4 is 5.32 Å². The van der Waals surface area contributed by atoms with E-state index >= 15 is 4.39 Å². The lowest BCUT2D eigenvalue weighted by atomic mass is 9.98. The smallest absolute Gasteiger partial charge is 0.221 e. The van der Waals surface area contributed by atoms with Gasteiger partial charge in [0.25, 0.3) is 0 Å². The van der Waals surface area contributed by atoms with E-state index in [1.807, 2.05) is 20.1 Å². The number of thioether (sulfide) groups is 1. The normalized spacial score (nSPS) is 10.9. The van der Waals surface area contributed by atoms with Crippen molar-refractivity contribution in [3.63, 3.8) is 0 Å². The molecule has 5 nitrogen and oxygen atoms in total. The van der Waals surface area contributed by atoms with Crippen LogP contribution in [0.2, 0.25) is 0 Å². The van der Waals surface area contributed by atoms with Gasteiger partial charge in [-0.25, -0.2) is 19.3 Å². The molecule has 3 rings (SSSR count). The Morgan fingerprint density at radius 3 is 2.47 bits per heavy atom. The standard InChI is InChI=1S/C20H21FN4OS2.C2H6/c1-11(26)23-13-8-6-7-12(15(13)21)16-17(28-18(25-16)20(2,3)4)14-9-10-22-19(24-14)27-5;1-2/h6-10H,1-5H3,(H,23,26);1-2H3. The molecule has 0 atom stereocenters. The predicted octanol–water partition coefficient (Wildman–Crippen LogP) is 6.41. The summed E-state index contributed by atoms with van der Waals surface area (Å²) < 4.78 is 15.2. The number of halogens is 1. The number of hydrogen-bond donors (Lipinski definition) is 1. The third kappa shape index (κ3) is 5.43. The van der Waals surface area contributed by atoms with Gasteiger partial charge in [0.15, 0.2) is 11.0 Å². The van der Waals surface area contributed by atoms with Gasteiger partial charge in [-0.05, 0) is 24.5 Å². The van der Waals surface area contributed by atoms with Crippen molar-refractivity contribution < 1.29 is 9.18 Å². The van der Waals surface area contributed by atoms with Gasteiger partial charge in [-0.1, -0.05) is 52.4 Å². The fourth-order valence-corrected chi connectivity index (χ4v) is 4.03. The molecule has 0 saturated heterocycles. The van der Waals surface area contributed by atoms with E-state index in [4.69, 9.17) is 4.98 Å². The molecule has 3 aromatic rings. The Morgan fingerprint density at radius 1 is 1.17 bits per heavy atom. The second-order valence-electron chi connectivity index (χ2n) is 7.22. The van der Waals surface area contributed by atoms with Crippen LogP contribution in [0.3, 0.4) is 0 Å². The summed E-state index contributed by atoms with van der Waals surface area (Å²) in [6, 6.07) is 6.71. The zero-order chi connectivity index (χ0) is 22.5. The highest BCUT2D eigenvalue weighted by atomic mass is 32.2. The number of hydrogen-bond acceptors (Lipinski definition) is 6. The molecule has 1 aromatic carbocycles. The number of carbonyl (C=O) groups excluding carboxylic acids is 1. The Morgan fingerprint density at radius 2 is 1.87 bits per heavy atom. The summed E-state index contributed by atoms with van der Waals surface area (Å²) in [5, 5.41) is 4.05. The number of aromatic nitrogens is 3. The summed E-state index contributed by atoms with van der Waals surface area (Å²) in [4.78, 5) is 25.7. The van der Waals surface area contributed by atoms with E-state index in [-0.39, 0.29) is 17.0 Å². The quantitative estimate of drug-likeness (QED) is 0.370. The second kappa shape index (κ2) is 10.1. The first kappa shape index (κ1) is 24.0. The van der Waals surface area contributed by atoms with Crippen LogP contribution in [-0.2, 0) is 10.2 Å². The average molecular weight is 447 g/mol. The Hall–Kier alpha value is -2.32. The van der Waals surface area contributed by atoms with E-state index in [2.05, 4.69) is 36.1 Å². The van der Waals surface area contributed by atoms with E-state index in [1.54, 1.807) is 24.4 Å². The minimum absolute atomic E-state index is 0.133. The Kier molecular flexibility index (Phi) is 8.09. The van der Waals surface area contributed by atoms with Crippen LogP contribution in [0, 0.1) is 5.82 Å². The van der Waals surface area contributed by atoms with Crippen molar-refractivity contribution in [1.82, 2.24) is 15.0 Å². The van der Waals surface area contributed by atoms with Crippen molar-refractivity contribution >= 4 is 34.7 Å². The molecular weight excluding hydrogens is 419 g/mol. The monoisotopic (exact) mass is 446 g/mol. The first-order valence-electron chi connectivity index (χ1n) is 9.66. The molecule has 0 aliphatic rings. The van der Waals surface area contributed by atoms with Gasteiger partial charge >= 0.3 is 0 Å². The molecule has 8 heteroatoms. The topological polar surface area (TPSA) is 67.8 Å². The molecule has 160 valence electrons. The highest BCUT2D eigenvalue weighted by Crippen LogP contribution is 2.41. The number of anilines is 1. The first-order valence-corrected chi connectivity index (χ1v) is 11.7. The van der Waals surface area contributed by atoms with Crippen molar-refractivity contribution in [3.8, 4) is 21.8 Å². The molecule has 0 aliphatic heterocycles. The molecular formula is C22H27FN4OS2. The lowest BCUT2D eigenvalue weighted by molar-refractivity contribution is -0.114. The molecule has 0 unspecified atom stereocenters. The van der Waals surface area contributed by atoms with E-state index < -0.39 is 5.82 Å². The number of amides is 1. The molecule has 1 N–H and O–H groups in total. The zero-order valence-corrected chi connectivity index (χ0v) is 20.0. The molecule has 0 saturated carbocycles. The first-order chi connectivity index (χ1) is 14.2. The van der Waals surface area contributed by atoms with Crippen molar-refractivity contribution in [1.29, 1.82) is 0 Å². The SMILES string of the molecule is CC.CSc1nccc(-c2sc(C(C)(C)C)nc2-c2cccc(NC(C)=O)c2F)n1. The summed E-state index contributed by atoms with van der Waals surface area (Å²) in [5.74, 6) is -0.839. The molecule has 0 bridgehead atoms. The summed E-state index contributed by atoms with van der Waals surface area (Å²) in [6.07, 6.45) is 3.60. The minimum atomic E-state index is -0.510. The van der Waals surface area contributed by atoms with Crippen LogP contribution in [0.15, 0.2) is 35.6 Å². The molecule has 1 amide bonds. The van der Waals surface area contributed by atoms with Gasteiger partial charge in [0.2, 0.25) is 5.91 Å². The molecule has 2 heterocycles. The van der Waals surface area contributed by atoms with Gasteiger partial charge in [-0.2, -0.15) is 0 Å². The van der Waals surface area contributed by atoms with E-state index in [0.717, 1.165) is 9.88 Å². The minimum Gasteiger partial charge on any atom is -0.324 e. The number of carbonyl (C=O) groups is 1. The zero-order valence-electron chi connectivity index (χ0n) is 18.3. The van der Waals surface area contributed by atoms with Gasteiger partial charge in [-0.3, -0.25) is 4.79 Å². The van der Waals surface area contributed by atoms with Gasteiger partial charge in [0.1, 0.15) is 0 Å². The Labute approximate surface area is 185 Å². The van der Waals surface area contributed by atoms with Crippen LogP contribution in [0.1, 0.15) is 46.6 Å². The molecule has 0 radical (unpaired) electrons. The lowest BCUT2D eigenvalue weighted by Crippen LogP contribution is -2.10. The molecule has 0 spiro atoms. The second-order valence-corrected chi connectivity index (χ2v) is 9.00. The van der Waals surface area contributed by atoms with Crippen molar-refractivity contribution in [3.05, 3.63) is 41.3 Å². The number of nitrogens with zero attached hydrogens (tertiary/aromatic N) is 3. The molecule has 2 aromatic heterocycles. The maximum atomic E-state index is 15.2. The molecule has 30 heavy (non-hydrogen) atoms. The van der Waals surface area contributed by atoms with E-state index in [9.17, 15) is 4.79 Å². The van der Waals surface area contributed by atoms with E-state index in [1.165, 1.54) is 36.1 Å². The molecule has 0 fully saturated rings.